The van der Waals surface area contributed by atoms with E-state index in [-0.39, 0.29) is 11.7 Å². The predicted octanol–water partition coefficient (Wildman–Crippen LogP) is 0.834. The van der Waals surface area contributed by atoms with Gasteiger partial charge < -0.3 is 19.1 Å². The van der Waals surface area contributed by atoms with Crippen molar-refractivity contribution in [1.29, 1.82) is 0 Å². The first-order chi connectivity index (χ1) is 13.3. The fourth-order valence-corrected chi connectivity index (χ4v) is 3.79. The lowest BCUT2D eigenvalue weighted by molar-refractivity contribution is -0.132. The van der Waals surface area contributed by atoms with Gasteiger partial charge >= 0.3 is 0 Å². The lowest BCUT2D eigenvalue weighted by Crippen LogP contribution is -2.49. The van der Waals surface area contributed by atoms with Crippen molar-refractivity contribution in [3.8, 4) is 17.2 Å². The van der Waals surface area contributed by atoms with E-state index in [0.717, 1.165) is 5.56 Å². The van der Waals surface area contributed by atoms with E-state index in [2.05, 4.69) is 4.90 Å². The maximum Gasteiger partial charge on any atom is 0.222 e. The van der Waals surface area contributed by atoms with Crippen molar-refractivity contribution in [1.82, 2.24) is 9.80 Å². The highest BCUT2D eigenvalue weighted by atomic mass is 32.2. The molecule has 0 bridgehead atoms. The molecule has 0 aromatic heterocycles. The summed E-state index contributed by atoms with van der Waals surface area (Å²) in [7, 11) is 1.72. The fourth-order valence-electron chi connectivity index (χ4n) is 3.20. The summed E-state index contributed by atoms with van der Waals surface area (Å²) in [6.07, 6.45) is 2.21. The summed E-state index contributed by atoms with van der Waals surface area (Å²) >= 11 is 0. The quantitative estimate of drug-likeness (QED) is 0.592. The van der Waals surface area contributed by atoms with Crippen LogP contribution in [0.25, 0.3) is 0 Å². The largest absolute Gasteiger partial charge is 0.493 e. The Balaban J connectivity index is 1.88. The van der Waals surface area contributed by atoms with Crippen LogP contribution < -0.4 is 14.2 Å². The van der Waals surface area contributed by atoms with Gasteiger partial charge in [0.1, 0.15) is 9.84 Å². The molecule has 0 spiro atoms. The van der Waals surface area contributed by atoms with Gasteiger partial charge in [0.05, 0.1) is 27.1 Å². The summed E-state index contributed by atoms with van der Waals surface area (Å²) < 4.78 is 38.6. The summed E-state index contributed by atoms with van der Waals surface area (Å²) in [5.74, 6) is 1.93. The number of sulfone groups is 1. The number of hydrogen-bond acceptors (Lipinski definition) is 7. The number of carbonyl (C=O) groups excluding carboxylic acids is 1. The van der Waals surface area contributed by atoms with E-state index in [0.29, 0.717) is 62.8 Å². The molecular weight excluding hydrogens is 384 g/mol. The van der Waals surface area contributed by atoms with Crippen LogP contribution in [-0.4, -0.2) is 90.2 Å². The third-order valence-electron chi connectivity index (χ3n) is 4.86. The molecule has 1 aliphatic rings. The minimum atomic E-state index is -2.96. The van der Waals surface area contributed by atoms with E-state index in [9.17, 15) is 13.2 Å². The van der Waals surface area contributed by atoms with Gasteiger partial charge in [-0.3, -0.25) is 9.69 Å². The smallest absolute Gasteiger partial charge is 0.222 e. The van der Waals surface area contributed by atoms with Gasteiger partial charge in [-0.1, -0.05) is 0 Å². The van der Waals surface area contributed by atoms with Gasteiger partial charge in [0.2, 0.25) is 11.7 Å². The van der Waals surface area contributed by atoms with Crippen LogP contribution in [0.1, 0.15) is 12.0 Å². The Kier molecular flexibility index (Phi) is 7.94. The monoisotopic (exact) mass is 414 g/mol. The van der Waals surface area contributed by atoms with E-state index in [1.54, 1.807) is 21.3 Å². The number of hydrogen-bond donors (Lipinski definition) is 0. The SMILES string of the molecule is COc1cc(CCC(=O)N2CCN(CCS(C)(=O)=O)CC2)cc(OC)c1OC. The molecule has 0 aliphatic carbocycles. The van der Waals surface area contributed by atoms with Crippen LogP contribution >= 0.6 is 0 Å². The number of nitrogens with zero attached hydrogens (tertiary/aromatic N) is 2. The zero-order valence-corrected chi connectivity index (χ0v) is 17.9. The number of ether oxygens (including phenoxy) is 3. The average molecular weight is 415 g/mol. The van der Waals surface area contributed by atoms with E-state index < -0.39 is 9.84 Å². The van der Waals surface area contributed by atoms with Crippen molar-refractivity contribution in [2.75, 3.05) is 66.1 Å². The molecule has 1 saturated heterocycles. The van der Waals surface area contributed by atoms with Gasteiger partial charge in [0.15, 0.2) is 11.5 Å². The van der Waals surface area contributed by atoms with Crippen molar-refractivity contribution >= 4 is 15.7 Å². The van der Waals surface area contributed by atoms with Crippen molar-refractivity contribution in [3.05, 3.63) is 17.7 Å². The van der Waals surface area contributed by atoms with E-state index in [1.165, 1.54) is 6.26 Å². The van der Waals surface area contributed by atoms with Gasteiger partial charge in [0, 0.05) is 45.4 Å². The molecule has 8 nitrogen and oxygen atoms in total. The number of carbonyl (C=O) groups is 1. The van der Waals surface area contributed by atoms with E-state index in [1.807, 2.05) is 17.0 Å². The lowest BCUT2D eigenvalue weighted by atomic mass is 10.1. The number of rotatable bonds is 9. The third kappa shape index (κ3) is 6.27. The molecule has 1 aromatic rings. The zero-order chi connectivity index (χ0) is 20.7. The predicted molar refractivity (Wildman–Crippen MR) is 107 cm³/mol. The number of benzene rings is 1. The molecule has 1 aromatic carbocycles. The van der Waals surface area contributed by atoms with Crippen molar-refractivity contribution in [2.45, 2.75) is 12.8 Å². The molecule has 0 unspecified atom stereocenters. The van der Waals surface area contributed by atoms with Gasteiger partial charge in [-0.2, -0.15) is 0 Å². The maximum absolute atomic E-state index is 12.6. The van der Waals surface area contributed by atoms with Crippen LogP contribution in [0, 0.1) is 0 Å². The van der Waals surface area contributed by atoms with Crippen molar-refractivity contribution in [3.63, 3.8) is 0 Å². The molecule has 1 fully saturated rings. The van der Waals surface area contributed by atoms with Gasteiger partial charge in [-0.05, 0) is 24.1 Å². The van der Waals surface area contributed by atoms with E-state index in [4.69, 9.17) is 14.2 Å². The van der Waals surface area contributed by atoms with Crippen LogP contribution in [0.5, 0.6) is 17.2 Å². The number of methoxy groups -OCH3 is 3. The molecule has 0 saturated carbocycles. The number of amides is 1. The number of piperazine rings is 1. The molecular formula is C19H30N2O6S. The second kappa shape index (κ2) is 9.97. The molecule has 1 heterocycles. The van der Waals surface area contributed by atoms with Gasteiger partial charge in [0.25, 0.3) is 0 Å². The topological polar surface area (TPSA) is 85.4 Å². The third-order valence-corrected chi connectivity index (χ3v) is 5.78. The molecule has 0 N–H and O–H groups in total. The van der Waals surface area contributed by atoms with Crippen LogP contribution in [0.4, 0.5) is 0 Å². The Morgan fingerprint density at radius 3 is 2.04 bits per heavy atom. The second-order valence-electron chi connectivity index (χ2n) is 6.89. The maximum atomic E-state index is 12.6. The first-order valence-corrected chi connectivity index (χ1v) is 11.3. The van der Waals surface area contributed by atoms with Crippen LogP contribution in [-0.2, 0) is 21.1 Å². The highest BCUT2D eigenvalue weighted by molar-refractivity contribution is 7.90. The van der Waals surface area contributed by atoms with Crippen molar-refractivity contribution in [2.24, 2.45) is 0 Å². The van der Waals surface area contributed by atoms with Crippen molar-refractivity contribution < 1.29 is 27.4 Å². The molecule has 158 valence electrons. The molecule has 1 aliphatic heterocycles. The highest BCUT2D eigenvalue weighted by Gasteiger charge is 2.22. The van der Waals surface area contributed by atoms with Crippen LogP contribution in [0.3, 0.4) is 0 Å². The summed E-state index contributed by atoms with van der Waals surface area (Å²) in [5, 5.41) is 0. The molecule has 2 rings (SSSR count). The minimum absolute atomic E-state index is 0.0940. The average Bonchev–Trinajstić information content (AvgIpc) is 2.69. The molecule has 28 heavy (non-hydrogen) atoms. The summed E-state index contributed by atoms with van der Waals surface area (Å²) in [6.45, 7) is 3.17. The summed E-state index contributed by atoms with van der Waals surface area (Å²) in [5.41, 5.74) is 0.939. The molecule has 0 radical (unpaired) electrons. The normalized spacial score (nSPS) is 15.4. The summed E-state index contributed by atoms with van der Waals surface area (Å²) in [4.78, 5) is 16.5. The van der Waals surface area contributed by atoms with Gasteiger partial charge in [-0.25, -0.2) is 8.42 Å². The Bertz CT molecular complexity index is 748. The minimum Gasteiger partial charge on any atom is -0.493 e. The zero-order valence-electron chi connectivity index (χ0n) is 17.1. The van der Waals surface area contributed by atoms with Gasteiger partial charge in [-0.15, -0.1) is 0 Å². The number of aryl methyl sites for hydroxylation is 1. The Morgan fingerprint density at radius 2 is 1.57 bits per heavy atom. The fraction of sp³-hybridized carbons (Fsp3) is 0.632. The van der Waals surface area contributed by atoms with E-state index >= 15 is 0 Å². The lowest BCUT2D eigenvalue weighted by Gasteiger charge is -2.34. The first-order valence-electron chi connectivity index (χ1n) is 9.24. The standard InChI is InChI=1S/C19H30N2O6S/c1-25-16-13-15(14-17(26-2)19(16)27-3)5-6-18(22)21-9-7-20(8-10-21)11-12-28(4,23)24/h13-14H,5-12H2,1-4H3. The Morgan fingerprint density at radius 1 is 1.00 bits per heavy atom. The first kappa shape index (κ1) is 22.3. The molecule has 1 amide bonds. The Hall–Kier alpha value is -2.00. The highest BCUT2D eigenvalue weighted by Crippen LogP contribution is 2.38. The molecule has 0 atom stereocenters. The molecule has 9 heteroatoms. The second-order valence-corrected chi connectivity index (χ2v) is 9.15. The Labute approximate surface area is 167 Å². The van der Waals surface area contributed by atoms with Crippen LogP contribution in [0.15, 0.2) is 12.1 Å². The summed E-state index contributed by atoms with van der Waals surface area (Å²) in [6, 6.07) is 3.72. The van der Waals surface area contributed by atoms with Crippen LogP contribution in [0.2, 0.25) is 0 Å².